The number of esters is 2. The van der Waals surface area contributed by atoms with E-state index in [9.17, 15) is 19.0 Å². The highest BCUT2D eigenvalue weighted by Crippen LogP contribution is 2.43. The van der Waals surface area contributed by atoms with Crippen LogP contribution in [-0.4, -0.2) is 49.3 Å². The Kier molecular flexibility index (Phi) is 72.0. The number of unbranched alkanes of at least 4 members (excludes halogenated alkanes) is 35. The van der Waals surface area contributed by atoms with Gasteiger partial charge < -0.3 is 20.1 Å². The van der Waals surface area contributed by atoms with Crippen molar-refractivity contribution in [2.75, 3.05) is 26.4 Å². The third kappa shape index (κ3) is 75.1. The Labute approximate surface area is 561 Å². The average Bonchev–Trinajstić information content (AvgIpc) is 3.74. The molecule has 0 radical (unpaired) electrons. The van der Waals surface area contributed by atoms with E-state index in [2.05, 4.69) is 148 Å². The van der Waals surface area contributed by atoms with E-state index in [-0.39, 0.29) is 32.6 Å². The molecule has 0 aliphatic rings. The molecule has 2 atom stereocenters. The first-order valence-corrected chi connectivity index (χ1v) is 39.2. The summed E-state index contributed by atoms with van der Waals surface area (Å²) in [6.07, 6.45) is 107. The number of ether oxygens (including phenoxy) is 2. The lowest BCUT2D eigenvalue weighted by molar-refractivity contribution is -0.161. The molecular weight excluding hydrogens is 1150 g/mol. The predicted octanol–water partition coefficient (Wildman–Crippen LogP) is 25.2. The fourth-order valence-electron chi connectivity index (χ4n) is 10.5. The molecule has 0 rings (SSSR count). The lowest BCUT2D eigenvalue weighted by Crippen LogP contribution is -2.29. The fraction of sp³-hybridized carbons (Fsp3) is 0.704. The van der Waals surface area contributed by atoms with Gasteiger partial charge in [-0.25, -0.2) is 4.57 Å². The zero-order valence-corrected chi connectivity index (χ0v) is 59.7. The van der Waals surface area contributed by atoms with E-state index in [1.54, 1.807) is 0 Å². The van der Waals surface area contributed by atoms with Crippen molar-refractivity contribution in [3.05, 3.63) is 134 Å². The molecule has 9 nitrogen and oxygen atoms in total. The van der Waals surface area contributed by atoms with Crippen LogP contribution < -0.4 is 5.73 Å². The standard InChI is InChI=1S/C81H140NO8P/c1-3-5-7-9-11-13-15-17-19-21-23-25-27-29-31-33-35-37-38-39-40-42-43-45-47-49-51-53-55-57-59-61-63-65-67-69-71-73-80(83)87-77-79(78-89-91(85,86)88-76-75-82)90-81(84)74-72-70-68-66-64-62-60-58-56-54-52-50-48-46-44-41-36-34-32-30-28-26-24-22-20-18-16-14-12-10-8-6-4-2/h6,8,12,14,18,20-21,23-24,26,30,32,36,41,46,48,52,54,58,60,64,66,79H,3-5,7,9-11,13,15-17,19,22,25,27-29,31,33-35,37-40,42-45,47,49-51,53,55-57,59,61-63,65,67-78,82H2,1-2H3,(H,85,86)/b8-6-,14-12-,20-18-,23-21-,26-24-,32-30-,41-36-,48-46-,54-52-,60-58-,66-64-. The van der Waals surface area contributed by atoms with Gasteiger partial charge >= 0.3 is 19.8 Å². The van der Waals surface area contributed by atoms with Crippen molar-refractivity contribution in [3.8, 4) is 0 Å². The maximum atomic E-state index is 12.8. The minimum Gasteiger partial charge on any atom is -0.462 e. The molecule has 91 heavy (non-hydrogen) atoms. The summed E-state index contributed by atoms with van der Waals surface area (Å²) >= 11 is 0. The maximum absolute atomic E-state index is 12.8. The van der Waals surface area contributed by atoms with E-state index in [4.69, 9.17) is 24.3 Å². The summed E-state index contributed by atoms with van der Waals surface area (Å²) < 4.78 is 33.2. The van der Waals surface area contributed by atoms with Gasteiger partial charge in [0.1, 0.15) is 6.61 Å². The molecule has 3 N–H and O–H groups in total. The number of hydrogen-bond donors (Lipinski definition) is 2. The van der Waals surface area contributed by atoms with Crippen LogP contribution in [0.1, 0.15) is 335 Å². The Morgan fingerprint density at radius 3 is 0.934 bits per heavy atom. The number of hydrogen-bond acceptors (Lipinski definition) is 8. The van der Waals surface area contributed by atoms with Crippen LogP contribution in [0.3, 0.4) is 0 Å². The number of carbonyl (C=O) groups excluding carboxylic acids is 2. The molecule has 0 saturated carbocycles. The number of allylic oxidation sites excluding steroid dienone is 22. The first kappa shape index (κ1) is 87.2. The minimum absolute atomic E-state index is 0.0405. The highest BCUT2D eigenvalue weighted by atomic mass is 31.2. The van der Waals surface area contributed by atoms with E-state index in [1.165, 1.54) is 205 Å². The summed E-state index contributed by atoms with van der Waals surface area (Å²) in [4.78, 5) is 35.4. The van der Waals surface area contributed by atoms with E-state index in [1.807, 2.05) is 0 Å². The fourth-order valence-corrected chi connectivity index (χ4v) is 11.3. The Hall–Kier alpha value is -3.85. The lowest BCUT2D eigenvalue weighted by Gasteiger charge is -2.19. The van der Waals surface area contributed by atoms with Crippen LogP contribution in [-0.2, 0) is 32.7 Å². The van der Waals surface area contributed by atoms with E-state index in [0.29, 0.717) is 6.42 Å². The van der Waals surface area contributed by atoms with Gasteiger partial charge in [0.15, 0.2) is 6.10 Å². The van der Waals surface area contributed by atoms with Crippen LogP contribution >= 0.6 is 7.82 Å². The second kappa shape index (κ2) is 75.2. The van der Waals surface area contributed by atoms with E-state index in [0.717, 1.165) is 96.3 Å². The average molecular weight is 1290 g/mol. The lowest BCUT2D eigenvalue weighted by atomic mass is 10.0. The molecule has 10 heteroatoms. The van der Waals surface area contributed by atoms with Gasteiger partial charge in [0.2, 0.25) is 0 Å². The van der Waals surface area contributed by atoms with Gasteiger partial charge in [0, 0.05) is 19.4 Å². The third-order valence-corrected chi connectivity index (χ3v) is 17.0. The van der Waals surface area contributed by atoms with Crippen LogP contribution in [0.2, 0.25) is 0 Å². The molecule has 0 fully saturated rings. The summed E-state index contributed by atoms with van der Waals surface area (Å²) in [6.45, 7) is 3.60. The molecule has 0 aromatic rings. The van der Waals surface area contributed by atoms with Crippen molar-refractivity contribution in [1.29, 1.82) is 0 Å². The van der Waals surface area contributed by atoms with Crippen LogP contribution in [0, 0.1) is 0 Å². The van der Waals surface area contributed by atoms with Gasteiger partial charge in [0.05, 0.1) is 13.2 Å². The largest absolute Gasteiger partial charge is 0.472 e. The highest BCUT2D eigenvalue weighted by molar-refractivity contribution is 7.47. The summed E-state index contributed by atoms with van der Waals surface area (Å²) in [5.74, 6) is -0.876. The van der Waals surface area contributed by atoms with Gasteiger partial charge in [-0.15, -0.1) is 0 Å². The molecule has 0 bridgehead atoms. The third-order valence-electron chi connectivity index (χ3n) is 16.0. The van der Waals surface area contributed by atoms with Crippen LogP contribution in [0.25, 0.3) is 0 Å². The normalized spacial score (nSPS) is 13.7. The number of carbonyl (C=O) groups is 2. The van der Waals surface area contributed by atoms with Gasteiger partial charge in [0.25, 0.3) is 0 Å². The van der Waals surface area contributed by atoms with Gasteiger partial charge in [-0.3, -0.25) is 18.6 Å². The van der Waals surface area contributed by atoms with Gasteiger partial charge in [-0.05, 0) is 116 Å². The quantitative estimate of drug-likeness (QED) is 0.0264. The Morgan fingerprint density at radius 1 is 0.341 bits per heavy atom. The summed E-state index contributed by atoms with van der Waals surface area (Å²) in [5, 5.41) is 0. The first-order valence-electron chi connectivity index (χ1n) is 37.7. The molecule has 0 aliphatic heterocycles. The van der Waals surface area contributed by atoms with Crippen LogP contribution in [0.5, 0.6) is 0 Å². The molecule has 522 valence electrons. The summed E-state index contributed by atoms with van der Waals surface area (Å²) in [5.41, 5.74) is 5.40. The van der Waals surface area contributed by atoms with Crippen LogP contribution in [0.4, 0.5) is 0 Å². The second-order valence-electron chi connectivity index (χ2n) is 24.8. The van der Waals surface area contributed by atoms with Crippen molar-refractivity contribution < 1.29 is 37.6 Å². The minimum atomic E-state index is -4.42. The summed E-state index contributed by atoms with van der Waals surface area (Å²) in [7, 11) is -4.42. The summed E-state index contributed by atoms with van der Waals surface area (Å²) in [6, 6.07) is 0. The van der Waals surface area contributed by atoms with Crippen molar-refractivity contribution in [2.45, 2.75) is 341 Å². The molecule has 0 aromatic carbocycles. The van der Waals surface area contributed by atoms with Crippen molar-refractivity contribution in [1.82, 2.24) is 0 Å². The number of phosphoric acid groups is 1. The number of nitrogens with two attached hydrogens (primary N) is 1. The van der Waals surface area contributed by atoms with E-state index < -0.39 is 32.5 Å². The van der Waals surface area contributed by atoms with Crippen molar-refractivity contribution in [3.63, 3.8) is 0 Å². The Bertz CT molecular complexity index is 1960. The first-order chi connectivity index (χ1) is 44.8. The number of rotatable bonds is 70. The Morgan fingerprint density at radius 2 is 0.604 bits per heavy atom. The maximum Gasteiger partial charge on any atom is 0.472 e. The van der Waals surface area contributed by atoms with E-state index >= 15 is 0 Å². The van der Waals surface area contributed by atoms with Crippen molar-refractivity contribution >= 4 is 19.8 Å². The topological polar surface area (TPSA) is 134 Å². The predicted molar refractivity (Wildman–Crippen MR) is 394 cm³/mol. The second-order valence-corrected chi connectivity index (χ2v) is 26.2. The molecule has 0 heterocycles. The molecule has 0 aromatic heterocycles. The zero-order chi connectivity index (χ0) is 65.8. The highest BCUT2D eigenvalue weighted by Gasteiger charge is 2.26. The smallest absolute Gasteiger partial charge is 0.462 e. The number of phosphoric ester groups is 1. The zero-order valence-electron chi connectivity index (χ0n) is 58.8. The van der Waals surface area contributed by atoms with Crippen molar-refractivity contribution in [2.24, 2.45) is 5.73 Å². The Balaban J connectivity index is 3.92. The molecular formula is C81H140NO8P. The molecule has 0 aliphatic carbocycles. The van der Waals surface area contributed by atoms with Gasteiger partial charge in [-0.2, -0.15) is 0 Å². The van der Waals surface area contributed by atoms with Gasteiger partial charge in [-0.1, -0.05) is 340 Å². The van der Waals surface area contributed by atoms with Crippen LogP contribution in [0.15, 0.2) is 134 Å². The monoisotopic (exact) mass is 1290 g/mol. The molecule has 0 saturated heterocycles. The molecule has 0 spiro atoms. The molecule has 0 amide bonds. The SMILES string of the molecule is CC/C=C\C/C=C\C/C=C\C/C=C\C/C=C\C/C=C\C/C=C\C/C=C\C/C=C\C/C=C\CCCCC(=O)OC(COC(=O)CCCCCCCCCCCCCCCCCCCCCCCCCCC/C=C\CCCCCCCCCC)COP(=O)(O)OCCN. The molecule has 2 unspecified atom stereocenters.